The van der Waals surface area contributed by atoms with Gasteiger partial charge in [0.2, 0.25) is 5.91 Å². The van der Waals surface area contributed by atoms with Crippen molar-refractivity contribution < 1.29 is 22.9 Å². The van der Waals surface area contributed by atoms with Crippen LogP contribution in [0, 0.1) is 31.4 Å². The highest BCUT2D eigenvalue weighted by atomic mass is 19.2. The van der Waals surface area contributed by atoms with Crippen molar-refractivity contribution in [3.8, 4) is 0 Å². The van der Waals surface area contributed by atoms with Gasteiger partial charge >= 0.3 is 0 Å². The van der Waals surface area contributed by atoms with Crippen LogP contribution in [0.3, 0.4) is 0 Å². The number of amides is 2. The van der Waals surface area contributed by atoms with Gasteiger partial charge in [0.05, 0.1) is 12.1 Å². The minimum atomic E-state index is -1.18. The number of hydrogen-bond acceptors (Lipinski definition) is 6. The zero-order chi connectivity index (χ0) is 21.8. The number of carbonyl (C=O) groups excluding carboxylic acids is 2. The van der Waals surface area contributed by atoms with E-state index in [1.807, 2.05) is 13.8 Å². The van der Waals surface area contributed by atoms with Crippen LogP contribution in [0.1, 0.15) is 34.7 Å². The Balaban J connectivity index is 1.41. The maximum absolute atomic E-state index is 13.3. The molecule has 0 aliphatic carbocycles. The lowest BCUT2D eigenvalue weighted by Crippen LogP contribution is -2.42. The standard InChI is InChI=1S/C20H25F2N5O3/c1-11-19(12(2)30-26-11)27-5-3-13(4-6-27)9-24-18(28)10-25-20(29)14-7-15(21)16(22)8-17(14)23/h7-8,13H,3-6,9-10,23H2,1-2H3,(H,24,28)(H,25,29). The van der Waals surface area contributed by atoms with Crippen molar-refractivity contribution in [3.63, 3.8) is 0 Å². The van der Waals surface area contributed by atoms with E-state index in [-0.39, 0.29) is 23.7 Å². The average molecular weight is 421 g/mol. The molecule has 30 heavy (non-hydrogen) atoms. The summed E-state index contributed by atoms with van der Waals surface area (Å²) in [7, 11) is 0. The zero-order valence-corrected chi connectivity index (χ0v) is 16.9. The lowest BCUT2D eigenvalue weighted by Gasteiger charge is -2.33. The molecule has 0 spiro atoms. The largest absolute Gasteiger partial charge is 0.398 e. The van der Waals surface area contributed by atoms with Gasteiger partial charge in [-0.3, -0.25) is 9.59 Å². The maximum Gasteiger partial charge on any atom is 0.253 e. The van der Waals surface area contributed by atoms with E-state index >= 15 is 0 Å². The first-order chi connectivity index (χ1) is 14.3. The Morgan fingerprint density at radius 3 is 2.50 bits per heavy atom. The number of carbonyl (C=O) groups is 2. The SMILES string of the molecule is Cc1noc(C)c1N1CCC(CNC(=O)CNC(=O)c2cc(F)c(F)cc2N)CC1. The van der Waals surface area contributed by atoms with Gasteiger partial charge in [0, 0.05) is 31.4 Å². The lowest BCUT2D eigenvalue weighted by atomic mass is 9.96. The highest BCUT2D eigenvalue weighted by Gasteiger charge is 2.24. The molecule has 0 bridgehead atoms. The van der Waals surface area contributed by atoms with Gasteiger partial charge in [-0.15, -0.1) is 0 Å². The number of aryl methyl sites for hydroxylation is 2. The molecule has 162 valence electrons. The summed E-state index contributed by atoms with van der Waals surface area (Å²) in [5.74, 6) is -2.30. The first kappa shape index (κ1) is 21.5. The fourth-order valence-electron chi connectivity index (χ4n) is 3.63. The Kier molecular flexibility index (Phi) is 6.53. The van der Waals surface area contributed by atoms with Gasteiger partial charge in [0.1, 0.15) is 11.4 Å². The average Bonchev–Trinajstić information content (AvgIpc) is 3.06. The van der Waals surface area contributed by atoms with Crippen molar-refractivity contribution in [2.45, 2.75) is 26.7 Å². The number of nitrogen functional groups attached to an aromatic ring is 1. The van der Waals surface area contributed by atoms with Gasteiger partial charge in [-0.2, -0.15) is 0 Å². The molecule has 1 saturated heterocycles. The van der Waals surface area contributed by atoms with Crippen molar-refractivity contribution in [3.05, 3.63) is 40.8 Å². The van der Waals surface area contributed by atoms with Crippen LogP contribution in [0.15, 0.2) is 16.7 Å². The van der Waals surface area contributed by atoms with Crippen LogP contribution in [0.5, 0.6) is 0 Å². The second-order valence-electron chi connectivity index (χ2n) is 7.44. The topological polar surface area (TPSA) is 113 Å². The van der Waals surface area contributed by atoms with Crippen LogP contribution < -0.4 is 21.3 Å². The highest BCUT2D eigenvalue weighted by molar-refractivity contribution is 6.00. The minimum Gasteiger partial charge on any atom is -0.398 e. The number of aromatic nitrogens is 1. The maximum atomic E-state index is 13.3. The number of nitrogens with zero attached hydrogens (tertiary/aromatic N) is 2. The number of halogens is 2. The van der Waals surface area contributed by atoms with E-state index in [1.54, 1.807) is 0 Å². The zero-order valence-electron chi connectivity index (χ0n) is 16.9. The van der Waals surface area contributed by atoms with Crippen molar-refractivity contribution >= 4 is 23.2 Å². The normalized spacial score (nSPS) is 14.6. The monoisotopic (exact) mass is 421 g/mol. The van der Waals surface area contributed by atoms with Crippen LogP contribution >= 0.6 is 0 Å². The van der Waals surface area contributed by atoms with E-state index < -0.39 is 17.5 Å². The molecule has 1 aliphatic rings. The number of rotatable bonds is 6. The second kappa shape index (κ2) is 9.10. The Labute approximate surface area is 172 Å². The van der Waals surface area contributed by atoms with Crippen LogP contribution in [0.2, 0.25) is 0 Å². The number of piperidine rings is 1. The summed E-state index contributed by atoms with van der Waals surface area (Å²) < 4.78 is 31.6. The molecule has 0 atom stereocenters. The number of anilines is 2. The highest BCUT2D eigenvalue weighted by Crippen LogP contribution is 2.28. The fourth-order valence-corrected chi connectivity index (χ4v) is 3.63. The first-order valence-electron chi connectivity index (χ1n) is 9.73. The minimum absolute atomic E-state index is 0.197. The van der Waals surface area contributed by atoms with Crippen LogP contribution in [0.4, 0.5) is 20.2 Å². The molecule has 1 aromatic carbocycles. The van der Waals surface area contributed by atoms with Gasteiger partial charge in [0.15, 0.2) is 17.4 Å². The Bertz CT molecular complexity index is 919. The fraction of sp³-hybridized carbons (Fsp3) is 0.450. The van der Waals surface area contributed by atoms with E-state index in [4.69, 9.17) is 10.3 Å². The third-order valence-corrected chi connectivity index (χ3v) is 5.26. The van der Waals surface area contributed by atoms with Crippen molar-refractivity contribution in [1.29, 1.82) is 0 Å². The summed E-state index contributed by atoms with van der Waals surface area (Å²) in [6.45, 7) is 5.71. The van der Waals surface area contributed by atoms with Crippen LogP contribution in [-0.2, 0) is 4.79 Å². The molecule has 4 N–H and O–H groups in total. The molecule has 1 fully saturated rings. The molecule has 2 amide bonds. The molecule has 0 radical (unpaired) electrons. The third kappa shape index (κ3) is 4.87. The van der Waals surface area contributed by atoms with E-state index in [0.29, 0.717) is 18.5 Å². The van der Waals surface area contributed by atoms with Gasteiger partial charge in [-0.1, -0.05) is 5.16 Å². The Morgan fingerprint density at radius 2 is 1.87 bits per heavy atom. The Hall–Kier alpha value is -3.17. The molecule has 8 nitrogen and oxygen atoms in total. The lowest BCUT2D eigenvalue weighted by molar-refractivity contribution is -0.120. The summed E-state index contributed by atoms with van der Waals surface area (Å²) in [5, 5.41) is 9.15. The number of benzene rings is 1. The van der Waals surface area contributed by atoms with Crippen molar-refractivity contribution in [2.24, 2.45) is 5.92 Å². The van der Waals surface area contributed by atoms with Gasteiger partial charge < -0.3 is 25.8 Å². The van der Waals surface area contributed by atoms with Gasteiger partial charge in [-0.25, -0.2) is 8.78 Å². The van der Waals surface area contributed by atoms with Crippen molar-refractivity contribution in [2.75, 3.05) is 36.8 Å². The van der Waals surface area contributed by atoms with Gasteiger partial charge in [-0.05, 0) is 38.7 Å². The quantitative estimate of drug-likeness (QED) is 0.614. The number of hydrogen-bond donors (Lipinski definition) is 3. The molecular weight excluding hydrogens is 396 g/mol. The molecule has 3 rings (SSSR count). The smallest absolute Gasteiger partial charge is 0.253 e. The number of nitrogens with one attached hydrogen (secondary N) is 2. The summed E-state index contributed by atoms with van der Waals surface area (Å²) >= 11 is 0. The van der Waals surface area contributed by atoms with Crippen LogP contribution in [-0.4, -0.2) is 43.2 Å². The van der Waals surface area contributed by atoms with E-state index in [0.717, 1.165) is 49.1 Å². The first-order valence-corrected chi connectivity index (χ1v) is 9.73. The molecule has 0 unspecified atom stereocenters. The van der Waals surface area contributed by atoms with Gasteiger partial charge in [0.25, 0.3) is 5.91 Å². The van der Waals surface area contributed by atoms with E-state index in [2.05, 4.69) is 20.7 Å². The molecule has 2 heterocycles. The number of nitrogens with two attached hydrogens (primary N) is 1. The summed E-state index contributed by atoms with van der Waals surface area (Å²) in [6, 6.07) is 1.45. The Morgan fingerprint density at radius 1 is 1.20 bits per heavy atom. The summed E-state index contributed by atoms with van der Waals surface area (Å²) in [6.07, 6.45) is 1.81. The van der Waals surface area contributed by atoms with Crippen LogP contribution in [0.25, 0.3) is 0 Å². The molecular formula is C20H25F2N5O3. The predicted octanol–water partition coefficient (Wildman–Crippen LogP) is 1.91. The third-order valence-electron chi connectivity index (χ3n) is 5.26. The second-order valence-corrected chi connectivity index (χ2v) is 7.44. The molecule has 1 aliphatic heterocycles. The molecule has 1 aromatic heterocycles. The summed E-state index contributed by atoms with van der Waals surface area (Å²) in [5.41, 5.74) is 7.04. The van der Waals surface area contributed by atoms with E-state index in [1.165, 1.54) is 0 Å². The molecule has 10 heteroatoms. The molecule has 0 saturated carbocycles. The van der Waals surface area contributed by atoms with E-state index in [9.17, 15) is 18.4 Å². The predicted molar refractivity (Wildman–Crippen MR) is 107 cm³/mol. The summed E-state index contributed by atoms with van der Waals surface area (Å²) in [4.78, 5) is 26.4. The van der Waals surface area contributed by atoms with Crippen molar-refractivity contribution in [1.82, 2.24) is 15.8 Å². The molecule has 2 aromatic rings.